The van der Waals surface area contributed by atoms with Crippen molar-refractivity contribution in [3.05, 3.63) is 40.3 Å². The van der Waals surface area contributed by atoms with E-state index in [0.717, 1.165) is 37.0 Å². The Balaban J connectivity index is 1.88. The smallest absolute Gasteiger partial charge is 0.270 e. The van der Waals surface area contributed by atoms with Gasteiger partial charge in [-0.15, -0.1) is 0 Å². The highest BCUT2D eigenvalue weighted by Gasteiger charge is 2.25. The third-order valence-electron chi connectivity index (χ3n) is 4.27. The van der Waals surface area contributed by atoms with Gasteiger partial charge in [-0.25, -0.2) is 4.98 Å². The Morgan fingerprint density at radius 2 is 1.95 bits per heavy atom. The van der Waals surface area contributed by atoms with E-state index in [0.29, 0.717) is 17.7 Å². The van der Waals surface area contributed by atoms with Gasteiger partial charge < -0.3 is 9.88 Å². The van der Waals surface area contributed by atoms with Crippen molar-refractivity contribution in [2.75, 3.05) is 13.1 Å². The van der Waals surface area contributed by atoms with Crippen molar-refractivity contribution in [1.82, 2.24) is 14.9 Å². The molecule has 2 heterocycles. The van der Waals surface area contributed by atoms with Gasteiger partial charge in [0.2, 0.25) is 0 Å². The number of rotatable bonds is 2. The zero-order valence-electron chi connectivity index (χ0n) is 12.1. The fraction of sp³-hybridized carbons (Fsp3) is 0.500. The number of likely N-dealkylation sites (tertiary alicyclic amines) is 1. The van der Waals surface area contributed by atoms with Crippen LogP contribution in [0.3, 0.4) is 0 Å². The maximum Gasteiger partial charge on any atom is 0.270 e. The number of nitrogens with zero attached hydrogens (tertiary/aromatic N) is 2. The van der Waals surface area contributed by atoms with Crippen molar-refractivity contribution in [2.45, 2.75) is 38.6 Å². The van der Waals surface area contributed by atoms with E-state index in [2.05, 4.69) is 28.7 Å². The number of H-pyrrole nitrogens is 1. The number of hydrogen-bond donors (Lipinski definition) is 1. The molecule has 0 unspecified atom stereocenters. The van der Waals surface area contributed by atoms with Gasteiger partial charge in [-0.1, -0.05) is 12.1 Å². The highest BCUT2D eigenvalue weighted by Crippen LogP contribution is 2.26. The molecule has 2 aromatic rings. The molecule has 1 fully saturated rings. The lowest BCUT2D eigenvalue weighted by atomic mass is 9.93. The molecule has 4 nitrogen and oxygen atoms in total. The van der Waals surface area contributed by atoms with Gasteiger partial charge in [-0.05, 0) is 51.9 Å². The molecule has 1 aromatic carbocycles. The van der Waals surface area contributed by atoms with E-state index in [1.54, 1.807) is 0 Å². The van der Waals surface area contributed by atoms with E-state index in [-0.39, 0.29) is 5.56 Å². The second-order valence-electron chi connectivity index (χ2n) is 5.87. The zero-order valence-corrected chi connectivity index (χ0v) is 12.1. The van der Waals surface area contributed by atoms with Gasteiger partial charge in [0, 0.05) is 12.0 Å². The third-order valence-corrected chi connectivity index (χ3v) is 4.27. The van der Waals surface area contributed by atoms with Crippen LogP contribution in [0.4, 0.5) is 0 Å². The van der Waals surface area contributed by atoms with Crippen LogP contribution in [-0.4, -0.2) is 34.0 Å². The van der Waals surface area contributed by atoms with Gasteiger partial charge in [-0.3, -0.25) is 4.79 Å². The average Bonchev–Trinajstić information content (AvgIpc) is 2.46. The van der Waals surface area contributed by atoms with Gasteiger partial charge in [0.25, 0.3) is 5.56 Å². The summed E-state index contributed by atoms with van der Waals surface area (Å²) in [4.78, 5) is 22.2. The van der Waals surface area contributed by atoms with Crippen molar-refractivity contribution in [3.63, 3.8) is 0 Å². The molecule has 0 radical (unpaired) electrons. The van der Waals surface area contributed by atoms with E-state index in [1.165, 1.54) is 0 Å². The van der Waals surface area contributed by atoms with Crippen LogP contribution in [0.1, 0.15) is 38.3 Å². The first kappa shape index (κ1) is 13.3. The molecular weight excluding hydrogens is 250 g/mol. The zero-order chi connectivity index (χ0) is 14.1. The molecule has 20 heavy (non-hydrogen) atoms. The van der Waals surface area contributed by atoms with Crippen molar-refractivity contribution >= 4 is 11.0 Å². The van der Waals surface area contributed by atoms with Crippen LogP contribution in [0.2, 0.25) is 0 Å². The molecule has 1 aliphatic rings. The summed E-state index contributed by atoms with van der Waals surface area (Å²) in [6, 6.07) is 8.31. The molecule has 0 bridgehead atoms. The number of hydrogen-bond acceptors (Lipinski definition) is 3. The third kappa shape index (κ3) is 2.48. The molecule has 1 saturated heterocycles. The summed E-state index contributed by atoms with van der Waals surface area (Å²) in [5.41, 5.74) is 2.40. The van der Waals surface area contributed by atoms with Gasteiger partial charge in [0.05, 0.1) is 11.0 Å². The summed E-state index contributed by atoms with van der Waals surface area (Å²) in [7, 11) is 0. The number of nitrogens with one attached hydrogen (secondary N) is 1. The maximum absolute atomic E-state index is 12.2. The van der Waals surface area contributed by atoms with Crippen LogP contribution in [0.15, 0.2) is 29.1 Å². The van der Waals surface area contributed by atoms with Gasteiger partial charge in [0.15, 0.2) is 0 Å². The molecule has 4 heteroatoms. The Morgan fingerprint density at radius 1 is 1.25 bits per heavy atom. The van der Waals surface area contributed by atoms with Gasteiger partial charge in [-0.2, -0.15) is 0 Å². The lowest BCUT2D eigenvalue weighted by Gasteiger charge is -2.34. The highest BCUT2D eigenvalue weighted by molar-refractivity contribution is 5.73. The monoisotopic (exact) mass is 271 g/mol. The largest absolute Gasteiger partial charge is 0.319 e. The number of fused-ring (bicyclic) bond motifs is 1. The van der Waals surface area contributed by atoms with Crippen LogP contribution in [0, 0.1) is 0 Å². The van der Waals surface area contributed by atoms with Crippen LogP contribution in [-0.2, 0) is 0 Å². The minimum atomic E-state index is -0.0216. The number of aromatic amines is 1. The minimum Gasteiger partial charge on any atom is -0.319 e. The summed E-state index contributed by atoms with van der Waals surface area (Å²) in [5.74, 6) is 0.290. The van der Waals surface area contributed by atoms with E-state index in [1.807, 2.05) is 24.3 Å². The molecule has 1 N–H and O–H groups in total. The molecular formula is C16H21N3O. The van der Waals surface area contributed by atoms with Crippen molar-refractivity contribution in [2.24, 2.45) is 0 Å². The Morgan fingerprint density at radius 3 is 2.65 bits per heavy atom. The fourth-order valence-electron chi connectivity index (χ4n) is 3.01. The van der Waals surface area contributed by atoms with Crippen LogP contribution in [0.25, 0.3) is 11.0 Å². The maximum atomic E-state index is 12.2. The lowest BCUT2D eigenvalue weighted by molar-refractivity contribution is 0.170. The van der Waals surface area contributed by atoms with Crippen molar-refractivity contribution < 1.29 is 0 Å². The Bertz CT molecular complexity index is 654. The summed E-state index contributed by atoms with van der Waals surface area (Å²) in [6.07, 6.45) is 2.04. The van der Waals surface area contributed by atoms with Crippen molar-refractivity contribution in [3.8, 4) is 0 Å². The quantitative estimate of drug-likeness (QED) is 0.913. The van der Waals surface area contributed by atoms with Gasteiger partial charge >= 0.3 is 0 Å². The van der Waals surface area contributed by atoms with Gasteiger partial charge in [0.1, 0.15) is 5.69 Å². The summed E-state index contributed by atoms with van der Waals surface area (Å²) in [5, 5.41) is 0. The minimum absolute atomic E-state index is 0.0216. The predicted octanol–water partition coefficient (Wildman–Crippen LogP) is 2.51. The number of para-hydroxylation sites is 2. The molecule has 0 amide bonds. The summed E-state index contributed by atoms with van der Waals surface area (Å²) < 4.78 is 0. The number of piperidine rings is 1. The standard InChI is InChI=1S/C16H21N3O/c1-11(2)19-9-7-12(8-10-19)15-16(20)18-14-6-4-3-5-13(14)17-15/h3-6,11-12H,7-10H2,1-2H3,(H,18,20). The molecule has 0 spiro atoms. The second-order valence-corrected chi connectivity index (χ2v) is 5.87. The number of aromatic nitrogens is 2. The van der Waals surface area contributed by atoms with Crippen LogP contribution < -0.4 is 5.56 Å². The fourth-order valence-corrected chi connectivity index (χ4v) is 3.01. The Kier molecular flexibility index (Phi) is 3.57. The highest BCUT2D eigenvalue weighted by atomic mass is 16.1. The Labute approximate surface area is 118 Å². The molecule has 0 atom stereocenters. The Hall–Kier alpha value is -1.68. The lowest BCUT2D eigenvalue weighted by Crippen LogP contribution is -2.39. The SMILES string of the molecule is CC(C)N1CCC(c2nc3ccccc3[nH]c2=O)CC1. The van der Waals surface area contributed by atoms with E-state index in [9.17, 15) is 4.79 Å². The normalized spacial score (nSPS) is 17.9. The van der Waals surface area contributed by atoms with E-state index < -0.39 is 0 Å². The molecule has 3 rings (SSSR count). The average molecular weight is 271 g/mol. The first-order valence-electron chi connectivity index (χ1n) is 7.38. The molecule has 1 aliphatic heterocycles. The van der Waals surface area contributed by atoms with E-state index >= 15 is 0 Å². The molecule has 106 valence electrons. The predicted molar refractivity (Wildman–Crippen MR) is 81.0 cm³/mol. The summed E-state index contributed by atoms with van der Waals surface area (Å²) >= 11 is 0. The molecule has 1 aromatic heterocycles. The molecule has 0 aliphatic carbocycles. The first-order chi connectivity index (χ1) is 9.65. The van der Waals surface area contributed by atoms with Crippen molar-refractivity contribution in [1.29, 1.82) is 0 Å². The summed E-state index contributed by atoms with van der Waals surface area (Å²) in [6.45, 7) is 6.55. The van der Waals surface area contributed by atoms with Crippen LogP contribution in [0.5, 0.6) is 0 Å². The number of benzene rings is 1. The topological polar surface area (TPSA) is 49.0 Å². The second kappa shape index (κ2) is 5.37. The first-order valence-corrected chi connectivity index (χ1v) is 7.38. The van der Waals surface area contributed by atoms with Crippen LogP contribution >= 0.6 is 0 Å². The van der Waals surface area contributed by atoms with E-state index in [4.69, 9.17) is 0 Å². The molecule has 0 saturated carbocycles.